The van der Waals surface area contributed by atoms with Gasteiger partial charge in [0.15, 0.2) is 0 Å². The third-order valence-corrected chi connectivity index (χ3v) is 4.13. The van der Waals surface area contributed by atoms with Gasteiger partial charge in [-0.1, -0.05) is 25.1 Å². The molecule has 1 heterocycles. The van der Waals surface area contributed by atoms with Gasteiger partial charge in [0, 0.05) is 11.9 Å². The summed E-state index contributed by atoms with van der Waals surface area (Å²) >= 11 is 0. The zero-order valence-corrected chi connectivity index (χ0v) is 12.3. The van der Waals surface area contributed by atoms with Gasteiger partial charge in [-0.3, -0.25) is 9.71 Å². The Bertz CT molecular complexity index is 671. The van der Waals surface area contributed by atoms with Crippen molar-refractivity contribution in [3.05, 3.63) is 36.5 Å². The van der Waals surface area contributed by atoms with E-state index in [0.717, 1.165) is 23.9 Å². The second-order valence-electron chi connectivity index (χ2n) is 4.59. The zero-order valence-electron chi connectivity index (χ0n) is 11.5. The van der Waals surface area contributed by atoms with Crippen LogP contribution in [0.25, 0.3) is 10.9 Å². The summed E-state index contributed by atoms with van der Waals surface area (Å²) < 4.78 is 26.4. The minimum absolute atomic E-state index is 0.0554. The molecule has 0 amide bonds. The minimum atomic E-state index is -3.34. The van der Waals surface area contributed by atoms with E-state index in [2.05, 4.69) is 15.0 Å². The summed E-state index contributed by atoms with van der Waals surface area (Å²) in [5.41, 5.74) is 1.35. The Hall–Kier alpha value is -1.66. The molecule has 0 atom stereocenters. The molecule has 0 saturated heterocycles. The first kappa shape index (κ1) is 14.7. The summed E-state index contributed by atoms with van der Waals surface area (Å²) in [4.78, 5) is 4.23. The Kier molecular flexibility index (Phi) is 4.92. The quantitative estimate of drug-likeness (QED) is 0.766. The first-order chi connectivity index (χ1) is 9.61. The highest BCUT2D eigenvalue weighted by Crippen LogP contribution is 2.16. The number of aromatic nitrogens is 1. The number of nitrogens with one attached hydrogen (secondary N) is 2. The molecular formula is C14H19N3O2S. The first-order valence-electron chi connectivity index (χ1n) is 6.67. The van der Waals surface area contributed by atoms with Crippen LogP contribution in [-0.2, 0) is 10.0 Å². The van der Waals surface area contributed by atoms with Gasteiger partial charge in [-0.25, -0.2) is 8.42 Å². The van der Waals surface area contributed by atoms with Gasteiger partial charge in [0.25, 0.3) is 0 Å². The lowest BCUT2D eigenvalue weighted by Gasteiger charge is -2.09. The highest BCUT2D eigenvalue weighted by Gasteiger charge is 2.10. The van der Waals surface area contributed by atoms with Crippen LogP contribution in [0, 0.1) is 0 Å². The van der Waals surface area contributed by atoms with Crippen molar-refractivity contribution < 1.29 is 8.42 Å². The molecular weight excluding hydrogens is 274 g/mol. The molecule has 108 valence electrons. The number of hydrogen-bond acceptors (Lipinski definition) is 4. The number of fused-ring (bicyclic) bond motifs is 1. The van der Waals surface area contributed by atoms with E-state index < -0.39 is 10.0 Å². The van der Waals surface area contributed by atoms with E-state index in [4.69, 9.17) is 0 Å². The molecule has 0 aliphatic heterocycles. The van der Waals surface area contributed by atoms with Crippen molar-refractivity contribution >= 4 is 26.6 Å². The van der Waals surface area contributed by atoms with Crippen molar-refractivity contribution in [1.29, 1.82) is 0 Å². The van der Waals surface area contributed by atoms with E-state index in [0.29, 0.717) is 12.2 Å². The molecule has 0 saturated carbocycles. The highest BCUT2D eigenvalue weighted by atomic mass is 32.2. The fraction of sp³-hybridized carbons (Fsp3) is 0.357. The van der Waals surface area contributed by atoms with Crippen LogP contribution in [-0.4, -0.2) is 32.2 Å². The molecule has 2 N–H and O–H groups in total. The van der Waals surface area contributed by atoms with Gasteiger partial charge in [0.05, 0.1) is 23.2 Å². The maximum absolute atomic E-state index is 11.9. The van der Waals surface area contributed by atoms with E-state index in [9.17, 15) is 8.42 Å². The topological polar surface area (TPSA) is 71.1 Å². The lowest BCUT2D eigenvalue weighted by atomic mass is 10.2. The Morgan fingerprint density at radius 2 is 2.00 bits per heavy atom. The van der Waals surface area contributed by atoms with Crippen molar-refractivity contribution in [3.8, 4) is 0 Å². The number of pyridine rings is 1. The maximum Gasteiger partial charge on any atom is 0.234 e. The molecule has 0 bridgehead atoms. The van der Waals surface area contributed by atoms with Crippen molar-refractivity contribution in [2.45, 2.75) is 13.3 Å². The molecule has 20 heavy (non-hydrogen) atoms. The Morgan fingerprint density at radius 3 is 2.80 bits per heavy atom. The smallest absolute Gasteiger partial charge is 0.234 e. The van der Waals surface area contributed by atoms with Gasteiger partial charge in [-0.2, -0.15) is 0 Å². The zero-order chi connectivity index (χ0) is 14.4. The van der Waals surface area contributed by atoms with Crippen molar-refractivity contribution in [2.24, 2.45) is 0 Å². The van der Waals surface area contributed by atoms with E-state index in [1.165, 1.54) is 0 Å². The lowest BCUT2D eigenvalue weighted by Crippen LogP contribution is -2.27. The highest BCUT2D eigenvalue weighted by molar-refractivity contribution is 7.92. The monoisotopic (exact) mass is 293 g/mol. The minimum Gasteiger partial charge on any atom is -0.316 e. The Morgan fingerprint density at radius 1 is 1.20 bits per heavy atom. The molecule has 5 nitrogen and oxygen atoms in total. The van der Waals surface area contributed by atoms with Gasteiger partial charge in [0.1, 0.15) is 0 Å². The number of hydrogen-bond donors (Lipinski definition) is 2. The third kappa shape index (κ3) is 4.18. The lowest BCUT2D eigenvalue weighted by molar-refractivity contribution is 0.595. The number of benzene rings is 1. The van der Waals surface area contributed by atoms with Crippen LogP contribution >= 0.6 is 0 Å². The molecule has 0 aliphatic carbocycles. The van der Waals surface area contributed by atoms with Crippen LogP contribution in [0.2, 0.25) is 0 Å². The number of para-hydroxylation sites is 1. The summed E-state index contributed by atoms with van der Waals surface area (Å²) in [5, 5.41) is 3.99. The Labute approximate surface area is 119 Å². The van der Waals surface area contributed by atoms with Gasteiger partial charge in [-0.15, -0.1) is 0 Å². The van der Waals surface area contributed by atoms with Gasteiger partial charge in [0.2, 0.25) is 10.0 Å². The standard InChI is InChI=1S/C14H19N3O2S/c1-2-7-15-8-9-20(18,19)17-13-10-12-5-3-4-6-14(12)16-11-13/h3-6,10-11,15,17H,2,7-9H2,1H3. The molecule has 0 radical (unpaired) electrons. The molecule has 2 rings (SSSR count). The number of sulfonamides is 1. The largest absolute Gasteiger partial charge is 0.316 e. The molecule has 0 unspecified atom stereocenters. The first-order valence-corrected chi connectivity index (χ1v) is 8.32. The Balaban J connectivity index is 2.03. The summed E-state index contributed by atoms with van der Waals surface area (Å²) in [6, 6.07) is 9.39. The summed E-state index contributed by atoms with van der Waals surface area (Å²) in [6.45, 7) is 3.32. The van der Waals surface area contributed by atoms with Crippen molar-refractivity contribution in [2.75, 3.05) is 23.6 Å². The van der Waals surface area contributed by atoms with Crippen LogP contribution in [0.5, 0.6) is 0 Å². The van der Waals surface area contributed by atoms with Gasteiger partial charge >= 0.3 is 0 Å². The summed E-state index contributed by atoms with van der Waals surface area (Å²) in [7, 11) is -3.34. The van der Waals surface area contributed by atoms with Crippen LogP contribution in [0.1, 0.15) is 13.3 Å². The predicted molar refractivity (Wildman–Crippen MR) is 82.3 cm³/mol. The SMILES string of the molecule is CCCNCCS(=O)(=O)Nc1cnc2ccccc2c1. The van der Waals surface area contributed by atoms with Crippen LogP contribution < -0.4 is 10.0 Å². The molecule has 2 aromatic rings. The molecule has 1 aromatic carbocycles. The molecule has 0 fully saturated rings. The van der Waals surface area contributed by atoms with Gasteiger partial charge < -0.3 is 5.32 Å². The number of rotatable bonds is 7. The summed E-state index contributed by atoms with van der Waals surface area (Å²) in [5.74, 6) is 0.0554. The van der Waals surface area contributed by atoms with Crippen LogP contribution in [0.4, 0.5) is 5.69 Å². The fourth-order valence-electron chi connectivity index (χ4n) is 1.87. The van der Waals surface area contributed by atoms with Gasteiger partial charge in [-0.05, 0) is 25.1 Å². The normalized spacial score (nSPS) is 11.7. The third-order valence-electron chi connectivity index (χ3n) is 2.84. The maximum atomic E-state index is 11.9. The number of anilines is 1. The van der Waals surface area contributed by atoms with Crippen LogP contribution in [0.15, 0.2) is 36.5 Å². The van der Waals surface area contributed by atoms with Crippen molar-refractivity contribution in [1.82, 2.24) is 10.3 Å². The van der Waals surface area contributed by atoms with E-state index >= 15 is 0 Å². The summed E-state index contributed by atoms with van der Waals surface area (Å²) in [6.07, 6.45) is 2.53. The number of nitrogens with zero attached hydrogens (tertiary/aromatic N) is 1. The second kappa shape index (κ2) is 6.67. The molecule has 0 aliphatic rings. The molecule has 6 heteroatoms. The van der Waals surface area contributed by atoms with E-state index in [1.54, 1.807) is 12.3 Å². The van der Waals surface area contributed by atoms with Crippen LogP contribution in [0.3, 0.4) is 0 Å². The molecule has 0 spiro atoms. The average molecular weight is 293 g/mol. The predicted octanol–water partition coefficient (Wildman–Crippen LogP) is 1.98. The molecule has 1 aromatic heterocycles. The average Bonchev–Trinajstić information content (AvgIpc) is 2.43. The van der Waals surface area contributed by atoms with Crippen molar-refractivity contribution in [3.63, 3.8) is 0 Å². The fourth-order valence-corrected chi connectivity index (χ4v) is 2.85. The van der Waals surface area contributed by atoms with E-state index in [1.807, 2.05) is 31.2 Å². The second-order valence-corrected chi connectivity index (χ2v) is 6.43. The van der Waals surface area contributed by atoms with E-state index in [-0.39, 0.29) is 5.75 Å².